The maximum Gasteiger partial charge on any atom is 0.256 e. The first kappa shape index (κ1) is 27.1. The monoisotopic (exact) mass is 462 g/mol. The zero-order valence-corrected chi connectivity index (χ0v) is 21.2. The van der Waals surface area contributed by atoms with Crippen molar-refractivity contribution in [1.29, 1.82) is 0 Å². The van der Waals surface area contributed by atoms with Gasteiger partial charge in [0.2, 0.25) is 0 Å². The van der Waals surface area contributed by atoms with E-state index in [1.54, 1.807) is 13.1 Å². The lowest BCUT2D eigenvalue weighted by atomic mass is 10.1. The van der Waals surface area contributed by atoms with E-state index in [0.29, 0.717) is 12.5 Å². The van der Waals surface area contributed by atoms with Gasteiger partial charge in [0.15, 0.2) is 29.5 Å². The van der Waals surface area contributed by atoms with E-state index in [0.717, 1.165) is 38.0 Å². The highest BCUT2D eigenvalue weighted by Crippen LogP contribution is 2.42. The summed E-state index contributed by atoms with van der Waals surface area (Å²) in [6.45, 7) is 5.32. The van der Waals surface area contributed by atoms with E-state index in [2.05, 4.69) is 6.92 Å². The van der Waals surface area contributed by atoms with Gasteiger partial charge in [0.05, 0.1) is 0 Å². The normalized spacial score (nSPS) is 14.4. The quantitative estimate of drug-likeness (QED) is 0.289. The molecule has 0 radical (unpaired) electrons. The minimum atomic E-state index is -4.37. The molecule has 0 aromatic heterocycles. The molecule has 164 valence electrons. The lowest BCUT2D eigenvalue weighted by molar-refractivity contribution is 0.567. The molecule has 0 aromatic carbocycles. The topological polar surface area (TPSA) is 102 Å². The fraction of sp³-hybridized carbons (Fsp3) is 1.00. The summed E-state index contributed by atoms with van der Waals surface area (Å²) < 4.78 is 72.5. The second kappa shape index (κ2) is 10.2. The molecule has 10 heteroatoms. The summed E-state index contributed by atoms with van der Waals surface area (Å²) in [6.07, 6.45) is 11.9. The van der Waals surface area contributed by atoms with Crippen LogP contribution in [0.2, 0.25) is 19.1 Å². The number of unbranched alkanes of at least 4 members (excludes halogenated alkanes) is 8. The molecule has 0 atom stereocenters. The number of hydrogen-bond acceptors (Lipinski definition) is 6. The molecule has 0 saturated heterocycles. The molecule has 6 nitrogen and oxygen atoms in total. The minimum Gasteiger partial charge on any atom is -0.227 e. The maximum atomic E-state index is 12.5. The predicted octanol–water partition coefficient (Wildman–Crippen LogP) is 3.55. The molecule has 0 saturated carbocycles. The second-order valence-corrected chi connectivity index (χ2v) is 21.7. The van der Waals surface area contributed by atoms with Gasteiger partial charge in [-0.3, -0.25) is 0 Å². The minimum absolute atomic E-state index is 0.343. The van der Waals surface area contributed by atoms with Crippen LogP contribution in [-0.2, 0) is 29.5 Å². The van der Waals surface area contributed by atoms with Crippen molar-refractivity contribution >= 4 is 37.6 Å². The molecule has 0 unspecified atom stereocenters. The maximum absolute atomic E-state index is 12.5. The number of hydrogen-bond donors (Lipinski definition) is 0. The van der Waals surface area contributed by atoms with Gasteiger partial charge in [-0.15, -0.1) is 0 Å². The van der Waals surface area contributed by atoms with E-state index in [4.69, 9.17) is 0 Å². The lowest BCUT2D eigenvalue weighted by Gasteiger charge is -2.40. The van der Waals surface area contributed by atoms with Crippen molar-refractivity contribution in [1.82, 2.24) is 0 Å². The van der Waals surface area contributed by atoms with Crippen molar-refractivity contribution < 1.29 is 25.3 Å². The summed E-state index contributed by atoms with van der Waals surface area (Å²) in [7, 11) is -16.4. The van der Waals surface area contributed by atoms with E-state index in [1.165, 1.54) is 32.1 Å². The van der Waals surface area contributed by atoms with Gasteiger partial charge in [-0.2, -0.15) is 0 Å². The Morgan fingerprint density at radius 3 is 1.19 bits per heavy atom. The molecule has 0 amide bonds. The summed E-state index contributed by atoms with van der Waals surface area (Å²) in [5.41, 5.74) is 0. The summed E-state index contributed by atoms with van der Waals surface area (Å²) in [5.74, 6) is 0. The molecule has 0 aliphatic rings. The smallest absolute Gasteiger partial charge is 0.227 e. The van der Waals surface area contributed by atoms with Crippen LogP contribution in [0.15, 0.2) is 0 Å². The van der Waals surface area contributed by atoms with E-state index in [-0.39, 0.29) is 0 Å². The Balaban J connectivity index is 5.22. The Labute approximate surface area is 168 Å². The zero-order chi connectivity index (χ0) is 21.6. The van der Waals surface area contributed by atoms with Gasteiger partial charge in [-0.25, -0.2) is 25.3 Å². The van der Waals surface area contributed by atoms with Gasteiger partial charge in [-0.05, 0) is 0 Å². The molecule has 0 spiro atoms. The summed E-state index contributed by atoms with van der Waals surface area (Å²) in [5, 5.41) is 0. The number of rotatable bonds is 14. The molecule has 0 heterocycles. The van der Waals surface area contributed by atoms with Gasteiger partial charge in [0.25, 0.3) is 3.03 Å². The number of sulfone groups is 3. The lowest BCUT2D eigenvalue weighted by Crippen LogP contribution is -2.67. The Kier molecular flexibility index (Phi) is 10.2. The van der Waals surface area contributed by atoms with Gasteiger partial charge in [0.1, 0.15) is 8.07 Å². The highest BCUT2D eigenvalue weighted by molar-refractivity contribution is 8.28. The van der Waals surface area contributed by atoms with Crippen LogP contribution in [0, 0.1) is 0 Å². The fourth-order valence-electron chi connectivity index (χ4n) is 4.36. The first-order chi connectivity index (χ1) is 12.1. The van der Waals surface area contributed by atoms with Crippen molar-refractivity contribution in [2.45, 2.75) is 86.9 Å². The average molecular weight is 463 g/mol. The van der Waals surface area contributed by atoms with Crippen LogP contribution in [-0.4, -0.2) is 55.1 Å². The van der Waals surface area contributed by atoms with Crippen molar-refractivity contribution in [2.24, 2.45) is 0 Å². The van der Waals surface area contributed by atoms with Crippen LogP contribution in [0.25, 0.3) is 0 Å². The van der Waals surface area contributed by atoms with Crippen LogP contribution in [0.1, 0.15) is 64.7 Å². The molecule has 27 heavy (non-hydrogen) atoms. The van der Waals surface area contributed by atoms with Crippen LogP contribution in [0.3, 0.4) is 0 Å². The standard InChI is InChI=1S/C17H38O6S3Si/c1-7-8-9-10-11-12-13-14-15-16-27(5,6)17(24(2,18)19,25(3,20)21)26(4,22)23/h7-16H2,1-6H3. The molecule has 0 N–H and O–H groups in total. The van der Waals surface area contributed by atoms with E-state index in [9.17, 15) is 25.3 Å². The SMILES string of the molecule is CCCCCCCCCCC[Si](C)(C)C(S(C)(=O)=O)(S(C)(=O)=O)S(C)(=O)=O. The Hall–Kier alpha value is 0.0669. The largest absolute Gasteiger partial charge is 0.256 e. The van der Waals surface area contributed by atoms with Gasteiger partial charge in [0, 0.05) is 18.8 Å². The van der Waals surface area contributed by atoms with Crippen molar-refractivity contribution in [3.63, 3.8) is 0 Å². The fourth-order valence-corrected chi connectivity index (χ4v) is 25.4. The van der Waals surface area contributed by atoms with Gasteiger partial charge in [-0.1, -0.05) is 83.8 Å². The third-order valence-electron chi connectivity index (χ3n) is 5.20. The molecule has 0 fully saturated rings. The molecule has 0 aliphatic heterocycles. The van der Waals surface area contributed by atoms with E-state index >= 15 is 0 Å². The summed E-state index contributed by atoms with van der Waals surface area (Å²) >= 11 is 0. The molecule has 0 bridgehead atoms. The van der Waals surface area contributed by atoms with Crippen LogP contribution >= 0.6 is 0 Å². The Morgan fingerprint density at radius 1 is 0.593 bits per heavy atom. The average Bonchev–Trinajstić information content (AvgIpc) is 2.40. The van der Waals surface area contributed by atoms with Crippen molar-refractivity contribution in [3.8, 4) is 0 Å². The highest BCUT2D eigenvalue weighted by Gasteiger charge is 2.68. The van der Waals surface area contributed by atoms with Crippen LogP contribution in [0.4, 0.5) is 0 Å². The zero-order valence-electron chi connectivity index (χ0n) is 17.7. The molecule has 0 rings (SSSR count). The molecule has 0 aromatic rings. The van der Waals surface area contributed by atoms with Crippen molar-refractivity contribution in [3.05, 3.63) is 0 Å². The molecular weight excluding hydrogens is 424 g/mol. The van der Waals surface area contributed by atoms with E-state index in [1.807, 2.05) is 0 Å². The predicted molar refractivity (Wildman–Crippen MR) is 117 cm³/mol. The van der Waals surface area contributed by atoms with Crippen LogP contribution in [0.5, 0.6) is 0 Å². The third-order valence-corrected chi connectivity index (χ3v) is 25.1. The second-order valence-electron chi connectivity index (χ2n) is 8.33. The molecular formula is C17H38O6S3Si. The Morgan fingerprint density at radius 2 is 0.889 bits per heavy atom. The van der Waals surface area contributed by atoms with Crippen LogP contribution < -0.4 is 0 Å². The third kappa shape index (κ3) is 6.53. The first-order valence-electron chi connectivity index (χ1n) is 9.65. The van der Waals surface area contributed by atoms with E-state index < -0.39 is 40.6 Å². The van der Waals surface area contributed by atoms with Gasteiger partial charge < -0.3 is 0 Å². The highest BCUT2D eigenvalue weighted by atomic mass is 32.3. The summed E-state index contributed by atoms with van der Waals surface area (Å²) in [4.78, 5) is 0. The van der Waals surface area contributed by atoms with Crippen molar-refractivity contribution in [2.75, 3.05) is 18.8 Å². The van der Waals surface area contributed by atoms with Gasteiger partial charge >= 0.3 is 0 Å². The molecule has 0 aliphatic carbocycles. The first-order valence-corrected chi connectivity index (χ1v) is 18.5. The summed E-state index contributed by atoms with van der Waals surface area (Å²) in [6, 6.07) is 0.343. The Bertz CT molecular complexity index is 689.